The number of aromatic nitrogens is 3. The lowest BCUT2D eigenvalue weighted by Gasteiger charge is -2.08. The molecule has 0 saturated heterocycles. The Bertz CT molecular complexity index is 1590. The SMILES string of the molecule is COc1cccc(C(=O)Nc2cccc(C(=O)c3ccc4c(C=Cc5ccccn5)n[nH]c4c3)c2)c1. The van der Waals surface area contributed by atoms with Crippen LogP contribution in [0.3, 0.4) is 0 Å². The third-order valence-corrected chi connectivity index (χ3v) is 5.67. The van der Waals surface area contributed by atoms with Crippen LogP contribution in [0.25, 0.3) is 23.1 Å². The summed E-state index contributed by atoms with van der Waals surface area (Å²) in [5, 5.41) is 11.1. The van der Waals surface area contributed by atoms with E-state index in [0.29, 0.717) is 28.1 Å². The van der Waals surface area contributed by atoms with E-state index in [1.54, 1.807) is 74.0 Å². The van der Waals surface area contributed by atoms with E-state index in [2.05, 4.69) is 20.5 Å². The number of pyridine rings is 1. The maximum Gasteiger partial charge on any atom is 0.255 e. The minimum atomic E-state index is -0.288. The van der Waals surface area contributed by atoms with Crippen molar-refractivity contribution in [2.24, 2.45) is 0 Å². The van der Waals surface area contributed by atoms with Crippen LogP contribution in [-0.4, -0.2) is 34.0 Å². The number of carbonyl (C=O) groups is 2. The van der Waals surface area contributed by atoms with E-state index in [1.165, 1.54) is 0 Å². The fourth-order valence-electron chi connectivity index (χ4n) is 3.82. The van der Waals surface area contributed by atoms with Crippen LogP contribution in [0.1, 0.15) is 37.7 Å². The molecule has 7 heteroatoms. The average molecular weight is 475 g/mol. The molecule has 0 radical (unpaired) electrons. The minimum Gasteiger partial charge on any atom is -0.497 e. The van der Waals surface area contributed by atoms with E-state index in [0.717, 1.165) is 22.3 Å². The van der Waals surface area contributed by atoms with E-state index < -0.39 is 0 Å². The Morgan fingerprint density at radius 2 is 1.69 bits per heavy atom. The van der Waals surface area contributed by atoms with Gasteiger partial charge in [0.25, 0.3) is 5.91 Å². The van der Waals surface area contributed by atoms with Gasteiger partial charge in [0.1, 0.15) is 5.75 Å². The normalized spacial score (nSPS) is 11.0. The van der Waals surface area contributed by atoms with E-state index in [4.69, 9.17) is 4.74 Å². The largest absolute Gasteiger partial charge is 0.497 e. The third kappa shape index (κ3) is 4.90. The van der Waals surface area contributed by atoms with Crippen LogP contribution in [-0.2, 0) is 0 Å². The number of nitrogens with zero attached hydrogens (tertiary/aromatic N) is 2. The molecule has 1 amide bonds. The number of rotatable bonds is 7. The molecule has 5 rings (SSSR count). The van der Waals surface area contributed by atoms with Crippen molar-refractivity contribution in [1.29, 1.82) is 0 Å². The second-order valence-electron chi connectivity index (χ2n) is 8.05. The summed E-state index contributed by atoms with van der Waals surface area (Å²) in [4.78, 5) is 30.1. The number of nitrogens with one attached hydrogen (secondary N) is 2. The van der Waals surface area contributed by atoms with Gasteiger partial charge in [-0.15, -0.1) is 0 Å². The summed E-state index contributed by atoms with van der Waals surface area (Å²) in [7, 11) is 1.55. The molecule has 0 saturated carbocycles. The summed E-state index contributed by atoms with van der Waals surface area (Å²) in [6.45, 7) is 0. The number of benzene rings is 3. The molecule has 3 aromatic carbocycles. The van der Waals surface area contributed by atoms with Crippen molar-refractivity contribution in [3.8, 4) is 5.75 Å². The Kier molecular flexibility index (Phi) is 6.36. The predicted octanol–water partition coefficient (Wildman–Crippen LogP) is 5.62. The summed E-state index contributed by atoms with van der Waals surface area (Å²) in [5.74, 6) is 0.148. The summed E-state index contributed by atoms with van der Waals surface area (Å²) in [6, 6.07) is 24.9. The zero-order chi connectivity index (χ0) is 24.9. The first-order valence-electron chi connectivity index (χ1n) is 11.3. The first-order chi connectivity index (χ1) is 17.6. The molecule has 5 aromatic rings. The van der Waals surface area contributed by atoms with Gasteiger partial charge in [0.2, 0.25) is 0 Å². The molecule has 2 N–H and O–H groups in total. The second-order valence-corrected chi connectivity index (χ2v) is 8.05. The molecule has 0 aliphatic rings. The fraction of sp³-hybridized carbons (Fsp3) is 0.0345. The molecule has 176 valence electrons. The molecule has 0 spiro atoms. The van der Waals surface area contributed by atoms with Crippen molar-refractivity contribution >= 4 is 40.4 Å². The van der Waals surface area contributed by atoms with Gasteiger partial charge < -0.3 is 10.1 Å². The third-order valence-electron chi connectivity index (χ3n) is 5.67. The monoisotopic (exact) mass is 474 g/mol. The van der Waals surface area contributed by atoms with Gasteiger partial charge in [0.05, 0.1) is 24.0 Å². The predicted molar refractivity (Wildman–Crippen MR) is 140 cm³/mol. The lowest BCUT2D eigenvalue weighted by atomic mass is 10.0. The molecule has 0 fully saturated rings. The zero-order valence-electron chi connectivity index (χ0n) is 19.4. The summed E-state index contributed by atoms with van der Waals surface area (Å²) < 4.78 is 5.18. The van der Waals surface area contributed by atoms with Gasteiger partial charge in [-0.05, 0) is 66.7 Å². The molecule has 36 heavy (non-hydrogen) atoms. The van der Waals surface area contributed by atoms with Crippen LogP contribution in [0, 0.1) is 0 Å². The van der Waals surface area contributed by atoms with Crippen molar-refractivity contribution < 1.29 is 14.3 Å². The average Bonchev–Trinajstić information content (AvgIpc) is 3.34. The Hall–Kier alpha value is -5.04. The molecule has 2 aromatic heterocycles. The summed E-state index contributed by atoms with van der Waals surface area (Å²) >= 11 is 0. The van der Waals surface area contributed by atoms with Crippen molar-refractivity contribution in [2.45, 2.75) is 0 Å². The lowest BCUT2D eigenvalue weighted by Crippen LogP contribution is -2.12. The van der Waals surface area contributed by atoms with E-state index in [9.17, 15) is 9.59 Å². The standard InChI is InChI=1S/C29H22N4O3/c1-36-24-10-5-7-21(17-24)29(35)31-23-9-4-6-19(16-23)28(34)20-11-13-25-26(32-33-27(25)18-20)14-12-22-8-2-3-15-30-22/h2-18H,1H3,(H,31,35)(H,32,33). The summed E-state index contributed by atoms with van der Waals surface area (Å²) in [5.41, 5.74) is 4.32. The number of hydrogen-bond donors (Lipinski definition) is 2. The highest BCUT2D eigenvalue weighted by atomic mass is 16.5. The van der Waals surface area contributed by atoms with Gasteiger partial charge in [-0.3, -0.25) is 19.7 Å². The van der Waals surface area contributed by atoms with E-state index in [-0.39, 0.29) is 11.7 Å². The van der Waals surface area contributed by atoms with Crippen molar-refractivity contribution in [1.82, 2.24) is 15.2 Å². The number of H-pyrrole nitrogens is 1. The number of ether oxygens (including phenoxy) is 1. The van der Waals surface area contributed by atoms with Crippen LogP contribution >= 0.6 is 0 Å². The van der Waals surface area contributed by atoms with Crippen LogP contribution in [0.2, 0.25) is 0 Å². The van der Waals surface area contributed by atoms with Crippen LogP contribution in [0.15, 0.2) is 91.1 Å². The van der Waals surface area contributed by atoms with Crippen LogP contribution < -0.4 is 10.1 Å². The first-order valence-corrected chi connectivity index (χ1v) is 11.3. The van der Waals surface area contributed by atoms with Crippen molar-refractivity contribution in [3.63, 3.8) is 0 Å². The molecule has 0 atom stereocenters. The topological polar surface area (TPSA) is 97.0 Å². The number of carbonyl (C=O) groups excluding carboxylic acids is 2. The number of ketones is 1. The first kappa shape index (κ1) is 22.7. The Morgan fingerprint density at radius 3 is 2.53 bits per heavy atom. The highest BCUT2D eigenvalue weighted by Crippen LogP contribution is 2.22. The zero-order valence-corrected chi connectivity index (χ0v) is 19.4. The van der Waals surface area contributed by atoms with Crippen LogP contribution in [0.5, 0.6) is 5.75 Å². The van der Waals surface area contributed by atoms with Crippen LogP contribution in [0.4, 0.5) is 5.69 Å². The van der Waals surface area contributed by atoms with E-state index in [1.807, 2.05) is 36.4 Å². The number of methoxy groups -OCH3 is 1. The molecule has 0 aliphatic carbocycles. The van der Waals surface area contributed by atoms with Gasteiger partial charge in [0.15, 0.2) is 5.78 Å². The maximum atomic E-state index is 13.2. The Morgan fingerprint density at radius 1 is 0.861 bits per heavy atom. The number of hydrogen-bond acceptors (Lipinski definition) is 5. The molecule has 0 unspecified atom stereocenters. The van der Waals surface area contributed by atoms with E-state index >= 15 is 0 Å². The lowest BCUT2D eigenvalue weighted by molar-refractivity contribution is 0.102. The maximum absolute atomic E-state index is 13.2. The van der Waals surface area contributed by atoms with Gasteiger partial charge in [0, 0.05) is 34.0 Å². The molecule has 0 bridgehead atoms. The number of anilines is 1. The minimum absolute atomic E-state index is 0.158. The Balaban J connectivity index is 1.34. The van der Waals surface area contributed by atoms with Gasteiger partial charge in [-0.2, -0.15) is 5.10 Å². The number of aromatic amines is 1. The van der Waals surface area contributed by atoms with Gasteiger partial charge in [-0.1, -0.05) is 30.3 Å². The molecular weight excluding hydrogens is 452 g/mol. The number of fused-ring (bicyclic) bond motifs is 1. The summed E-state index contributed by atoms with van der Waals surface area (Å²) in [6.07, 6.45) is 5.51. The van der Waals surface area contributed by atoms with Gasteiger partial charge in [-0.25, -0.2) is 0 Å². The van der Waals surface area contributed by atoms with Crippen molar-refractivity contribution in [2.75, 3.05) is 12.4 Å². The molecule has 0 aliphatic heterocycles. The van der Waals surface area contributed by atoms with Gasteiger partial charge >= 0.3 is 0 Å². The smallest absolute Gasteiger partial charge is 0.255 e. The van der Waals surface area contributed by atoms with Crippen molar-refractivity contribution in [3.05, 3.63) is 119 Å². The highest BCUT2D eigenvalue weighted by molar-refractivity contribution is 6.12. The second kappa shape index (κ2) is 10.1. The quantitative estimate of drug-likeness (QED) is 0.299. The number of amides is 1. The highest BCUT2D eigenvalue weighted by Gasteiger charge is 2.14. The molecule has 2 heterocycles. The Labute approximate surface area is 207 Å². The molecular formula is C29H22N4O3. The fourth-order valence-corrected chi connectivity index (χ4v) is 3.82. The molecule has 7 nitrogen and oxygen atoms in total.